The molecule has 0 amide bonds. The minimum Gasteiger partial charge on any atom is -0.248 e. The number of hydrogen-bond acceptors (Lipinski definition) is 1. The molecule has 0 aliphatic heterocycles. The van der Waals surface area contributed by atoms with E-state index >= 15 is 0 Å². The van der Waals surface area contributed by atoms with Gasteiger partial charge in [0.15, 0.2) is 0 Å². The lowest BCUT2D eigenvalue weighted by Crippen LogP contribution is -1.92. The summed E-state index contributed by atoms with van der Waals surface area (Å²) in [5, 5.41) is 2.42. The van der Waals surface area contributed by atoms with Crippen LogP contribution in [-0.2, 0) is 6.42 Å². The fourth-order valence-corrected chi connectivity index (χ4v) is 3.80. The molecule has 5 rings (SSSR count). The van der Waals surface area contributed by atoms with Gasteiger partial charge in [0.2, 0.25) is 0 Å². The molecule has 0 saturated carbocycles. The predicted octanol–water partition coefficient (Wildman–Crippen LogP) is 6.65. The molecule has 0 bridgehead atoms. The summed E-state index contributed by atoms with van der Waals surface area (Å²) in [6.45, 7) is 0. The number of nitrogens with zero attached hydrogens (tertiary/aromatic N) is 1. The van der Waals surface area contributed by atoms with Crippen LogP contribution in [-0.4, -0.2) is 4.98 Å². The van der Waals surface area contributed by atoms with Crippen LogP contribution in [0.25, 0.3) is 32.9 Å². The number of para-hydroxylation sites is 1. The highest BCUT2D eigenvalue weighted by Gasteiger charge is 2.11. The maximum atomic E-state index is 4.91. The number of hydrogen-bond donors (Lipinski definition) is 0. The zero-order valence-corrected chi connectivity index (χ0v) is 15.0. The molecular weight excluding hydrogens is 326 g/mol. The molecule has 1 nitrogen and oxygen atoms in total. The molecular formula is C26H19N. The van der Waals surface area contributed by atoms with Crippen molar-refractivity contribution in [1.29, 1.82) is 0 Å². The predicted molar refractivity (Wildman–Crippen MR) is 114 cm³/mol. The minimum atomic E-state index is 0.928. The number of fused-ring (bicyclic) bond motifs is 2. The van der Waals surface area contributed by atoms with Crippen molar-refractivity contribution in [2.75, 3.05) is 0 Å². The van der Waals surface area contributed by atoms with E-state index in [1.165, 1.54) is 33.0 Å². The Morgan fingerprint density at radius 1 is 0.519 bits per heavy atom. The van der Waals surface area contributed by atoms with E-state index in [0.29, 0.717) is 0 Å². The van der Waals surface area contributed by atoms with Gasteiger partial charge < -0.3 is 0 Å². The Kier molecular flexibility index (Phi) is 3.91. The maximum Gasteiger partial charge on any atom is 0.0716 e. The molecule has 0 N–H and O–H groups in total. The molecule has 1 heteroatoms. The molecule has 0 aliphatic rings. The molecule has 128 valence electrons. The summed E-state index contributed by atoms with van der Waals surface area (Å²) in [6, 6.07) is 36.4. The quantitative estimate of drug-likeness (QED) is 0.334. The first-order chi connectivity index (χ1) is 13.4. The van der Waals surface area contributed by atoms with Crippen molar-refractivity contribution < 1.29 is 0 Å². The van der Waals surface area contributed by atoms with Crippen LogP contribution in [0.2, 0.25) is 0 Å². The highest BCUT2D eigenvalue weighted by Crippen LogP contribution is 2.35. The zero-order chi connectivity index (χ0) is 18.1. The average Bonchev–Trinajstić information content (AvgIpc) is 2.73. The lowest BCUT2D eigenvalue weighted by atomic mass is 9.94. The highest BCUT2D eigenvalue weighted by atomic mass is 14.7. The van der Waals surface area contributed by atoms with Gasteiger partial charge in [-0.3, -0.25) is 0 Å². The van der Waals surface area contributed by atoms with Gasteiger partial charge in [-0.15, -0.1) is 0 Å². The Morgan fingerprint density at radius 2 is 1.19 bits per heavy atom. The van der Waals surface area contributed by atoms with Crippen LogP contribution in [0.1, 0.15) is 11.1 Å². The van der Waals surface area contributed by atoms with E-state index in [2.05, 4.69) is 103 Å². The van der Waals surface area contributed by atoms with Crippen molar-refractivity contribution in [3.8, 4) is 11.1 Å². The zero-order valence-electron chi connectivity index (χ0n) is 15.0. The van der Waals surface area contributed by atoms with E-state index in [0.717, 1.165) is 17.5 Å². The van der Waals surface area contributed by atoms with Crippen LogP contribution in [0.15, 0.2) is 103 Å². The maximum absolute atomic E-state index is 4.91. The van der Waals surface area contributed by atoms with Crippen molar-refractivity contribution in [2.24, 2.45) is 0 Å². The van der Waals surface area contributed by atoms with Gasteiger partial charge in [0, 0.05) is 16.3 Å². The number of rotatable bonds is 3. The Labute approximate surface area is 158 Å². The summed E-state index contributed by atoms with van der Waals surface area (Å²) in [7, 11) is 0. The van der Waals surface area contributed by atoms with E-state index < -0.39 is 0 Å². The third-order valence-corrected chi connectivity index (χ3v) is 5.06. The first-order valence-corrected chi connectivity index (χ1v) is 9.29. The van der Waals surface area contributed by atoms with Crippen LogP contribution >= 0.6 is 0 Å². The average molecular weight is 345 g/mol. The third-order valence-electron chi connectivity index (χ3n) is 5.06. The lowest BCUT2D eigenvalue weighted by Gasteiger charge is -2.13. The molecule has 0 aliphatic carbocycles. The molecule has 0 spiro atoms. The van der Waals surface area contributed by atoms with Gasteiger partial charge in [-0.05, 0) is 41.3 Å². The van der Waals surface area contributed by atoms with E-state index in [-0.39, 0.29) is 0 Å². The Morgan fingerprint density at radius 3 is 2.00 bits per heavy atom. The molecule has 27 heavy (non-hydrogen) atoms. The van der Waals surface area contributed by atoms with Gasteiger partial charge in [-0.25, -0.2) is 4.98 Å². The van der Waals surface area contributed by atoms with E-state index in [4.69, 9.17) is 4.98 Å². The van der Waals surface area contributed by atoms with Gasteiger partial charge in [0.25, 0.3) is 0 Å². The summed E-state index contributed by atoms with van der Waals surface area (Å²) in [5.74, 6) is 0. The first kappa shape index (κ1) is 15.8. The third kappa shape index (κ3) is 2.98. The topological polar surface area (TPSA) is 12.9 Å². The molecule has 1 aromatic heterocycles. The van der Waals surface area contributed by atoms with E-state index in [1.54, 1.807) is 0 Å². The molecule has 0 unspecified atom stereocenters. The molecule has 5 aromatic rings. The van der Waals surface area contributed by atoms with Gasteiger partial charge in [-0.2, -0.15) is 0 Å². The Hall–Kier alpha value is -3.45. The standard InChI is InChI=1S/C26H19N/c1-3-9-19(10-4-1)17-20-15-16-25-23(18-20)26(21-11-5-2-6-12-21)22-13-7-8-14-24(22)27-25/h1-16,18H,17H2. The molecule has 0 fully saturated rings. The van der Waals surface area contributed by atoms with Crippen LogP contribution in [0.4, 0.5) is 0 Å². The molecule has 0 saturated heterocycles. The minimum absolute atomic E-state index is 0.928. The van der Waals surface area contributed by atoms with Crippen molar-refractivity contribution in [2.45, 2.75) is 6.42 Å². The molecule has 1 heterocycles. The van der Waals surface area contributed by atoms with Gasteiger partial charge in [0.05, 0.1) is 11.0 Å². The van der Waals surface area contributed by atoms with Crippen molar-refractivity contribution in [3.63, 3.8) is 0 Å². The Bertz CT molecular complexity index is 1220. The second-order valence-electron chi connectivity index (χ2n) is 6.88. The van der Waals surface area contributed by atoms with E-state index in [1.807, 2.05) is 0 Å². The summed E-state index contributed by atoms with van der Waals surface area (Å²) in [6.07, 6.45) is 0.928. The van der Waals surface area contributed by atoms with Gasteiger partial charge in [0.1, 0.15) is 0 Å². The van der Waals surface area contributed by atoms with Crippen molar-refractivity contribution >= 4 is 21.8 Å². The fourth-order valence-electron chi connectivity index (χ4n) is 3.80. The van der Waals surface area contributed by atoms with Crippen molar-refractivity contribution in [3.05, 3.63) is 114 Å². The van der Waals surface area contributed by atoms with Crippen LogP contribution in [0, 0.1) is 0 Å². The molecule has 0 radical (unpaired) electrons. The summed E-state index contributed by atoms with van der Waals surface area (Å²) >= 11 is 0. The SMILES string of the molecule is c1ccc(Cc2ccc3nc4ccccc4c(-c4ccccc4)c3c2)cc1. The summed E-state index contributed by atoms with van der Waals surface area (Å²) < 4.78 is 0. The highest BCUT2D eigenvalue weighted by molar-refractivity contribution is 6.09. The van der Waals surface area contributed by atoms with Crippen LogP contribution < -0.4 is 0 Å². The molecule has 4 aromatic carbocycles. The van der Waals surface area contributed by atoms with Crippen LogP contribution in [0.3, 0.4) is 0 Å². The number of benzene rings is 4. The first-order valence-electron chi connectivity index (χ1n) is 9.29. The summed E-state index contributed by atoms with van der Waals surface area (Å²) in [4.78, 5) is 4.91. The van der Waals surface area contributed by atoms with Crippen molar-refractivity contribution in [1.82, 2.24) is 4.98 Å². The largest absolute Gasteiger partial charge is 0.248 e. The monoisotopic (exact) mass is 345 g/mol. The van der Waals surface area contributed by atoms with Gasteiger partial charge in [-0.1, -0.05) is 84.9 Å². The lowest BCUT2D eigenvalue weighted by molar-refractivity contribution is 1.20. The van der Waals surface area contributed by atoms with Crippen LogP contribution in [0.5, 0.6) is 0 Å². The second-order valence-corrected chi connectivity index (χ2v) is 6.88. The number of pyridine rings is 1. The number of aromatic nitrogens is 1. The summed E-state index contributed by atoms with van der Waals surface area (Å²) in [5.41, 5.74) is 7.22. The fraction of sp³-hybridized carbons (Fsp3) is 0.0385. The second kappa shape index (κ2) is 6.69. The smallest absolute Gasteiger partial charge is 0.0716 e. The normalized spacial score (nSPS) is 11.1. The molecule has 0 atom stereocenters. The Balaban J connectivity index is 1.77. The van der Waals surface area contributed by atoms with Gasteiger partial charge >= 0.3 is 0 Å². The van der Waals surface area contributed by atoms with E-state index in [9.17, 15) is 0 Å².